The molecule has 1 N–H and O–H groups in total. The van der Waals surface area contributed by atoms with Crippen molar-refractivity contribution >= 4 is 0 Å². The molecule has 4 bridgehead atoms. The molecule has 1 aromatic rings. The summed E-state index contributed by atoms with van der Waals surface area (Å²) in [7, 11) is 1.69. The van der Waals surface area contributed by atoms with Gasteiger partial charge in [-0.2, -0.15) is 4.89 Å². The molecule has 0 spiro atoms. The molecule has 4 nitrogen and oxygen atoms in total. The highest BCUT2D eigenvalue weighted by molar-refractivity contribution is 5.30. The molecular formula is C19H24O4. The molecular weight excluding hydrogens is 292 g/mol. The van der Waals surface area contributed by atoms with E-state index in [1.54, 1.807) is 19.2 Å². The molecule has 1 heterocycles. The lowest BCUT2D eigenvalue weighted by molar-refractivity contribution is -0.592. The van der Waals surface area contributed by atoms with E-state index in [1.165, 1.54) is 32.1 Å². The maximum atomic E-state index is 9.55. The molecule has 5 fully saturated rings. The van der Waals surface area contributed by atoms with Crippen LogP contribution in [0.25, 0.3) is 0 Å². The maximum Gasteiger partial charge on any atom is 0.257 e. The summed E-state index contributed by atoms with van der Waals surface area (Å²) >= 11 is 0. The van der Waals surface area contributed by atoms with E-state index in [4.69, 9.17) is 14.5 Å². The van der Waals surface area contributed by atoms with Gasteiger partial charge in [0.2, 0.25) is 0 Å². The molecule has 1 saturated heterocycles. The first-order valence-corrected chi connectivity index (χ1v) is 8.88. The summed E-state index contributed by atoms with van der Waals surface area (Å²) in [6.07, 6.45) is 6.83. The summed E-state index contributed by atoms with van der Waals surface area (Å²) in [6.45, 7) is 0. The number of rotatable bonds is 3. The van der Waals surface area contributed by atoms with Crippen molar-refractivity contribution in [1.82, 2.24) is 0 Å². The SMILES string of the molecule is COC1(c2ccc(O)cc2)OOC1C1C2CC3CC(C2)CC1C3. The fourth-order valence-corrected chi connectivity index (χ4v) is 6.14. The molecule has 4 saturated carbocycles. The van der Waals surface area contributed by atoms with Gasteiger partial charge in [0.1, 0.15) is 5.75 Å². The zero-order valence-corrected chi connectivity index (χ0v) is 13.5. The molecule has 6 rings (SSSR count). The van der Waals surface area contributed by atoms with Gasteiger partial charge in [-0.05, 0) is 86.0 Å². The third kappa shape index (κ3) is 1.95. The van der Waals surface area contributed by atoms with Crippen LogP contribution in [0, 0.1) is 29.6 Å². The zero-order valence-electron chi connectivity index (χ0n) is 13.5. The van der Waals surface area contributed by atoms with Gasteiger partial charge < -0.3 is 9.84 Å². The molecule has 1 aromatic carbocycles. The van der Waals surface area contributed by atoms with Crippen LogP contribution < -0.4 is 0 Å². The second-order valence-electron chi connectivity index (χ2n) is 8.03. The number of hydrogen-bond acceptors (Lipinski definition) is 4. The minimum absolute atomic E-state index is 0.0351. The first-order valence-electron chi connectivity index (χ1n) is 8.88. The van der Waals surface area contributed by atoms with E-state index < -0.39 is 5.79 Å². The Morgan fingerprint density at radius 1 is 1.00 bits per heavy atom. The van der Waals surface area contributed by atoms with Gasteiger partial charge >= 0.3 is 0 Å². The van der Waals surface area contributed by atoms with Crippen LogP contribution >= 0.6 is 0 Å². The smallest absolute Gasteiger partial charge is 0.257 e. The van der Waals surface area contributed by atoms with E-state index in [2.05, 4.69) is 0 Å². The summed E-state index contributed by atoms with van der Waals surface area (Å²) in [5.74, 6) is 3.38. The average Bonchev–Trinajstić information content (AvgIpc) is 2.52. The molecule has 2 unspecified atom stereocenters. The number of methoxy groups -OCH3 is 1. The van der Waals surface area contributed by atoms with E-state index in [0.29, 0.717) is 5.92 Å². The van der Waals surface area contributed by atoms with Crippen LogP contribution in [0.5, 0.6) is 5.75 Å². The Morgan fingerprint density at radius 3 is 2.09 bits per heavy atom. The van der Waals surface area contributed by atoms with Gasteiger partial charge in [-0.25, -0.2) is 4.89 Å². The van der Waals surface area contributed by atoms with Gasteiger partial charge in [-0.3, -0.25) is 0 Å². The van der Waals surface area contributed by atoms with Gasteiger partial charge in [-0.1, -0.05) is 0 Å². The minimum atomic E-state index is -0.812. The quantitative estimate of drug-likeness (QED) is 0.866. The van der Waals surface area contributed by atoms with E-state index in [1.807, 2.05) is 12.1 Å². The normalized spacial score (nSPS) is 47.5. The second-order valence-corrected chi connectivity index (χ2v) is 8.03. The van der Waals surface area contributed by atoms with Crippen molar-refractivity contribution in [3.8, 4) is 5.75 Å². The number of phenols is 1. The Balaban J connectivity index is 1.47. The van der Waals surface area contributed by atoms with Crippen LogP contribution in [0.2, 0.25) is 0 Å². The summed E-state index contributed by atoms with van der Waals surface area (Å²) in [4.78, 5) is 11.2. The Bertz CT molecular complexity index is 566. The second kappa shape index (κ2) is 4.95. The zero-order chi connectivity index (χ0) is 15.6. The first kappa shape index (κ1) is 14.3. The lowest BCUT2D eigenvalue weighted by Gasteiger charge is -2.60. The van der Waals surface area contributed by atoms with E-state index in [-0.39, 0.29) is 11.9 Å². The van der Waals surface area contributed by atoms with Crippen LogP contribution in [-0.4, -0.2) is 18.3 Å². The van der Waals surface area contributed by atoms with Crippen molar-refractivity contribution in [2.24, 2.45) is 29.6 Å². The minimum Gasteiger partial charge on any atom is -0.508 e. The monoisotopic (exact) mass is 316 g/mol. The lowest BCUT2D eigenvalue weighted by atomic mass is 9.50. The van der Waals surface area contributed by atoms with Crippen LogP contribution in [0.3, 0.4) is 0 Å². The van der Waals surface area contributed by atoms with Gasteiger partial charge in [-0.15, -0.1) is 0 Å². The van der Waals surface area contributed by atoms with Crippen molar-refractivity contribution in [2.75, 3.05) is 7.11 Å². The van der Waals surface area contributed by atoms with Crippen LogP contribution in [0.4, 0.5) is 0 Å². The van der Waals surface area contributed by atoms with Crippen molar-refractivity contribution in [3.05, 3.63) is 29.8 Å². The Labute approximate surface area is 136 Å². The van der Waals surface area contributed by atoms with Gasteiger partial charge in [0.05, 0.1) is 0 Å². The van der Waals surface area contributed by atoms with E-state index >= 15 is 0 Å². The lowest BCUT2D eigenvalue weighted by Crippen LogP contribution is -2.63. The molecule has 1 aliphatic heterocycles. The third-order valence-electron chi connectivity index (χ3n) is 6.87. The van der Waals surface area contributed by atoms with E-state index in [9.17, 15) is 5.11 Å². The van der Waals surface area contributed by atoms with Gasteiger partial charge in [0, 0.05) is 12.7 Å². The van der Waals surface area contributed by atoms with Crippen LogP contribution in [0.15, 0.2) is 24.3 Å². The molecule has 4 aliphatic carbocycles. The predicted molar refractivity (Wildman–Crippen MR) is 83.3 cm³/mol. The number of aromatic hydroxyl groups is 1. The molecule has 2 atom stereocenters. The summed E-state index contributed by atoms with van der Waals surface area (Å²) < 4.78 is 5.84. The van der Waals surface area contributed by atoms with Gasteiger partial charge in [0.25, 0.3) is 5.79 Å². The summed E-state index contributed by atoms with van der Waals surface area (Å²) in [5, 5.41) is 9.55. The number of hydrogen-bond donors (Lipinski definition) is 1. The molecule has 0 radical (unpaired) electrons. The molecule has 124 valence electrons. The summed E-state index contributed by atoms with van der Waals surface area (Å²) in [5.41, 5.74) is 0.933. The molecule has 0 aromatic heterocycles. The van der Waals surface area contributed by atoms with Crippen LogP contribution in [0.1, 0.15) is 37.7 Å². The Kier molecular flexibility index (Phi) is 3.07. The highest BCUT2D eigenvalue weighted by Gasteiger charge is 2.63. The van der Waals surface area contributed by atoms with Crippen molar-refractivity contribution in [2.45, 2.75) is 44.0 Å². The fourth-order valence-electron chi connectivity index (χ4n) is 6.14. The maximum absolute atomic E-state index is 9.55. The fraction of sp³-hybridized carbons (Fsp3) is 0.684. The molecule has 4 heteroatoms. The van der Waals surface area contributed by atoms with Crippen LogP contribution in [-0.2, 0) is 20.3 Å². The number of phenolic OH excluding ortho intramolecular Hbond substituents is 1. The third-order valence-corrected chi connectivity index (χ3v) is 6.87. The van der Waals surface area contributed by atoms with Gasteiger partial charge in [0.15, 0.2) is 6.10 Å². The highest BCUT2D eigenvalue weighted by atomic mass is 17.3. The molecule has 23 heavy (non-hydrogen) atoms. The predicted octanol–water partition coefficient (Wildman–Crippen LogP) is 3.59. The Morgan fingerprint density at radius 2 is 1.61 bits per heavy atom. The summed E-state index contributed by atoms with van der Waals surface area (Å²) in [6, 6.07) is 7.13. The topological polar surface area (TPSA) is 47.9 Å². The molecule has 0 amide bonds. The van der Waals surface area contributed by atoms with Crippen molar-refractivity contribution < 1.29 is 19.6 Å². The van der Waals surface area contributed by atoms with Crippen molar-refractivity contribution in [1.29, 1.82) is 0 Å². The highest BCUT2D eigenvalue weighted by Crippen LogP contribution is 2.61. The standard InChI is InChI=1S/C19H24O4/c1-21-19(15-2-4-16(20)5-3-15)18(22-23-19)17-13-7-11-6-12(9-13)10-14(17)8-11/h2-5,11-14,17-18,20H,6-10H2,1H3. The average molecular weight is 316 g/mol. The Hall–Kier alpha value is -1.10. The first-order chi connectivity index (χ1) is 11.2. The molecule has 5 aliphatic rings. The number of benzene rings is 1. The van der Waals surface area contributed by atoms with Crippen molar-refractivity contribution in [3.63, 3.8) is 0 Å². The van der Waals surface area contributed by atoms with E-state index in [0.717, 1.165) is 29.2 Å². The largest absolute Gasteiger partial charge is 0.508 e. The number of ether oxygens (including phenoxy) is 1.